The number of benzene rings is 2. The summed E-state index contributed by atoms with van der Waals surface area (Å²) in [5.74, 6) is -0.373. The van der Waals surface area contributed by atoms with Gasteiger partial charge in [-0.2, -0.15) is 26.3 Å². The molecule has 0 radical (unpaired) electrons. The molecule has 3 aromatic rings. The zero-order valence-electron chi connectivity index (χ0n) is 24.7. The molecule has 12 heteroatoms. The molecule has 1 aromatic heterocycles. The van der Waals surface area contributed by atoms with E-state index in [1.807, 2.05) is 13.8 Å². The summed E-state index contributed by atoms with van der Waals surface area (Å²) in [7, 11) is 1.39. The lowest BCUT2D eigenvalue weighted by Crippen LogP contribution is -2.44. The van der Waals surface area contributed by atoms with Crippen molar-refractivity contribution < 1.29 is 45.0 Å². The number of nitrogens with zero attached hydrogens (tertiary/aromatic N) is 2. The number of rotatable bonds is 7. The molecule has 0 N–H and O–H groups in total. The molecule has 1 aliphatic rings. The first-order valence-electron chi connectivity index (χ1n) is 13.7. The van der Waals surface area contributed by atoms with Crippen molar-refractivity contribution in [3.63, 3.8) is 0 Å². The fourth-order valence-corrected chi connectivity index (χ4v) is 5.10. The molecule has 236 valence electrons. The molecule has 0 spiro atoms. The second-order valence-electron chi connectivity index (χ2n) is 11.1. The number of cyclic esters (lactones) is 1. The highest BCUT2D eigenvalue weighted by molar-refractivity contribution is 5.76. The number of methoxy groups -OCH3 is 1. The topological polar surface area (TPSA) is 51.7 Å². The van der Waals surface area contributed by atoms with Crippen molar-refractivity contribution in [2.24, 2.45) is 0 Å². The van der Waals surface area contributed by atoms with Gasteiger partial charge in [-0.3, -0.25) is 9.88 Å². The van der Waals surface area contributed by atoms with E-state index in [2.05, 4.69) is 6.58 Å². The summed E-state index contributed by atoms with van der Waals surface area (Å²) >= 11 is 0. The van der Waals surface area contributed by atoms with Crippen LogP contribution in [0.5, 0.6) is 5.75 Å². The third-order valence-corrected chi connectivity index (χ3v) is 7.51. The zero-order chi connectivity index (χ0) is 32.7. The van der Waals surface area contributed by atoms with Crippen molar-refractivity contribution >= 4 is 11.7 Å². The number of carbonyl (C=O) groups excluding carboxylic acids is 1. The number of hydrogen-bond acceptors (Lipinski definition) is 4. The highest BCUT2D eigenvalue weighted by Gasteiger charge is 2.40. The molecule has 4 rings (SSSR count). The van der Waals surface area contributed by atoms with Gasteiger partial charge >= 0.3 is 18.4 Å². The summed E-state index contributed by atoms with van der Waals surface area (Å²) in [5.41, 5.74) is -0.376. The molecule has 0 bridgehead atoms. The van der Waals surface area contributed by atoms with Gasteiger partial charge in [0.05, 0.1) is 36.2 Å². The van der Waals surface area contributed by atoms with Gasteiger partial charge < -0.3 is 9.47 Å². The fraction of sp³-hybridized carbons (Fsp3) is 0.375. The Morgan fingerprint density at radius 1 is 1.05 bits per heavy atom. The summed E-state index contributed by atoms with van der Waals surface area (Å²) in [6.45, 7) is 10.8. The van der Waals surface area contributed by atoms with Crippen LogP contribution < -0.4 is 4.74 Å². The predicted octanol–water partition coefficient (Wildman–Crippen LogP) is 9.56. The lowest BCUT2D eigenvalue weighted by molar-refractivity contribution is -0.143. The maximum atomic E-state index is 14.8. The number of carbonyl (C=O) groups is 1. The predicted molar refractivity (Wildman–Crippen MR) is 150 cm³/mol. The van der Waals surface area contributed by atoms with Crippen LogP contribution in [0.4, 0.5) is 35.5 Å². The number of amides is 1. The molecule has 2 unspecified atom stereocenters. The number of alkyl halides is 6. The highest BCUT2D eigenvalue weighted by atomic mass is 19.4. The Morgan fingerprint density at radius 3 is 2.16 bits per heavy atom. The lowest BCUT2D eigenvalue weighted by Gasteiger charge is -2.37. The van der Waals surface area contributed by atoms with Crippen molar-refractivity contribution in [2.45, 2.75) is 71.1 Å². The van der Waals surface area contributed by atoms with E-state index < -0.39 is 53.1 Å². The van der Waals surface area contributed by atoms with Crippen LogP contribution in [0.2, 0.25) is 0 Å². The van der Waals surface area contributed by atoms with Crippen molar-refractivity contribution in [2.75, 3.05) is 7.11 Å². The number of aromatic nitrogens is 1. The van der Waals surface area contributed by atoms with Crippen LogP contribution in [0.15, 0.2) is 49.0 Å². The van der Waals surface area contributed by atoms with Crippen LogP contribution in [0.3, 0.4) is 0 Å². The Hall–Kier alpha value is -4.09. The Morgan fingerprint density at radius 2 is 1.66 bits per heavy atom. The minimum absolute atomic E-state index is 0.0279. The monoisotopic (exact) mass is 624 g/mol. The first-order valence-corrected chi connectivity index (χ1v) is 13.7. The van der Waals surface area contributed by atoms with Gasteiger partial charge in [0.1, 0.15) is 17.7 Å². The Bertz CT molecular complexity index is 1550. The highest BCUT2D eigenvalue weighted by Crippen LogP contribution is 2.41. The van der Waals surface area contributed by atoms with E-state index in [0.29, 0.717) is 45.8 Å². The molecular weight excluding hydrogens is 593 g/mol. The minimum atomic E-state index is -5.04. The SMILES string of the molecule is C=C(C)c1ccc(-c2cc(C(C)C)c(F)cc2OC)c(CN2C(=O)OC(c3cc(C(F)(F)F)cc(C(F)(F)F)c3)CC2C)n1. The molecule has 1 amide bonds. The number of halogens is 7. The van der Waals surface area contributed by atoms with Gasteiger partial charge in [-0.25, -0.2) is 9.18 Å². The van der Waals surface area contributed by atoms with Crippen molar-refractivity contribution in [1.82, 2.24) is 9.88 Å². The van der Waals surface area contributed by atoms with E-state index >= 15 is 0 Å². The maximum Gasteiger partial charge on any atom is 0.416 e. The molecule has 1 aliphatic heterocycles. The van der Waals surface area contributed by atoms with Crippen LogP contribution in [-0.4, -0.2) is 29.1 Å². The van der Waals surface area contributed by atoms with Crippen molar-refractivity contribution in [1.29, 1.82) is 0 Å². The van der Waals surface area contributed by atoms with Gasteiger partial charge in [-0.15, -0.1) is 0 Å². The normalized spacial score (nSPS) is 17.6. The smallest absolute Gasteiger partial charge is 0.416 e. The molecule has 0 aliphatic carbocycles. The Balaban J connectivity index is 1.72. The summed E-state index contributed by atoms with van der Waals surface area (Å²) in [6, 6.07) is 6.88. The van der Waals surface area contributed by atoms with E-state index in [9.17, 15) is 35.5 Å². The van der Waals surface area contributed by atoms with E-state index in [1.54, 1.807) is 32.0 Å². The largest absolute Gasteiger partial charge is 0.496 e. The zero-order valence-corrected chi connectivity index (χ0v) is 24.7. The van der Waals surface area contributed by atoms with Crippen LogP contribution >= 0.6 is 0 Å². The average molecular weight is 625 g/mol. The Labute approximate surface area is 250 Å². The molecule has 2 heterocycles. The second kappa shape index (κ2) is 12.1. The molecule has 1 fully saturated rings. The minimum Gasteiger partial charge on any atom is -0.496 e. The lowest BCUT2D eigenvalue weighted by atomic mass is 9.94. The number of pyridine rings is 1. The molecule has 2 aromatic carbocycles. The first kappa shape index (κ1) is 32.8. The summed E-state index contributed by atoms with van der Waals surface area (Å²) in [5, 5.41) is 0. The molecule has 44 heavy (non-hydrogen) atoms. The van der Waals surface area contributed by atoms with Crippen molar-refractivity contribution in [3.05, 3.63) is 88.5 Å². The summed E-state index contributed by atoms with van der Waals surface area (Å²) < 4.78 is 106. The van der Waals surface area contributed by atoms with Crippen LogP contribution in [-0.2, 0) is 23.6 Å². The van der Waals surface area contributed by atoms with Gasteiger partial charge in [0.2, 0.25) is 0 Å². The second-order valence-corrected chi connectivity index (χ2v) is 11.1. The van der Waals surface area contributed by atoms with Crippen LogP contribution in [0.25, 0.3) is 16.7 Å². The average Bonchev–Trinajstić information content (AvgIpc) is 2.93. The van der Waals surface area contributed by atoms with Crippen molar-refractivity contribution in [3.8, 4) is 16.9 Å². The molecule has 2 atom stereocenters. The fourth-order valence-electron chi connectivity index (χ4n) is 5.10. The van der Waals surface area contributed by atoms with Gasteiger partial charge in [0.15, 0.2) is 0 Å². The van der Waals surface area contributed by atoms with E-state index in [-0.39, 0.29) is 30.7 Å². The summed E-state index contributed by atoms with van der Waals surface area (Å²) in [6.07, 6.45) is -12.5. The standard InChI is InChI=1S/C32H31F7N2O3/c1-16(2)23-13-24(29(43-6)14-25(23)33)22-7-8-26(17(3)4)40-27(22)15-41-18(5)9-28(44-30(41)42)19-10-20(31(34,35)36)12-21(11-19)32(37,38)39/h7-8,10-14,16,18,28H,3,9,15H2,1-2,4-6H3. The van der Waals surface area contributed by atoms with E-state index in [1.165, 1.54) is 18.1 Å². The molecule has 5 nitrogen and oxygen atoms in total. The van der Waals surface area contributed by atoms with Gasteiger partial charge in [0.25, 0.3) is 0 Å². The quantitative estimate of drug-likeness (QED) is 0.246. The van der Waals surface area contributed by atoms with Gasteiger partial charge in [0, 0.05) is 29.7 Å². The molecule has 0 saturated carbocycles. The van der Waals surface area contributed by atoms with E-state index in [4.69, 9.17) is 14.5 Å². The summed E-state index contributed by atoms with van der Waals surface area (Å²) in [4.78, 5) is 19.3. The third-order valence-electron chi connectivity index (χ3n) is 7.51. The van der Waals surface area contributed by atoms with E-state index in [0.717, 1.165) is 0 Å². The van der Waals surface area contributed by atoms with Gasteiger partial charge in [-0.1, -0.05) is 26.5 Å². The number of allylic oxidation sites excluding steroid dienone is 1. The number of hydrogen-bond donors (Lipinski definition) is 0. The molecular formula is C32H31F7N2O3. The molecule has 1 saturated heterocycles. The first-order chi connectivity index (χ1) is 20.4. The number of ether oxygens (including phenoxy) is 2. The maximum absolute atomic E-state index is 14.8. The van der Waals surface area contributed by atoms with Gasteiger partial charge in [-0.05, 0) is 66.8 Å². The van der Waals surface area contributed by atoms with Crippen LogP contribution in [0, 0.1) is 5.82 Å². The van der Waals surface area contributed by atoms with Crippen LogP contribution in [0.1, 0.15) is 79.8 Å². The third kappa shape index (κ3) is 6.84. The Kier molecular flexibility index (Phi) is 9.04.